The molecule has 102 valence electrons. The van der Waals surface area contributed by atoms with E-state index in [1.54, 1.807) is 4.51 Å². The maximum atomic E-state index is 12.6. The van der Waals surface area contributed by atoms with Gasteiger partial charge in [-0.2, -0.15) is 44.0 Å². The van der Waals surface area contributed by atoms with E-state index < -0.39 is 29.8 Å². The first-order valence-corrected chi connectivity index (χ1v) is 3.72. The Hall–Kier alpha value is -0.870. The van der Waals surface area contributed by atoms with E-state index >= 15 is 0 Å². The molecular formula is C5H2ClF9N2. The first kappa shape index (κ1) is 16.1. The Bertz CT molecular complexity index is 320. The summed E-state index contributed by atoms with van der Waals surface area (Å²) in [7, 11) is 0. The van der Waals surface area contributed by atoms with Crippen LogP contribution in [0.5, 0.6) is 0 Å². The van der Waals surface area contributed by atoms with Gasteiger partial charge in [-0.1, -0.05) is 0 Å². The number of rotatable bonds is 3. The SMILES string of the molecule is N/C(=N\Cl)C(F)(F)C(F)(F)C(F)(F)C(F)(F)F. The van der Waals surface area contributed by atoms with Gasteiger partial charge in [0, 0.05) is 11.8 Å². The zero-order valence-corrected chi connectivity index (χ0v) is 8.06. The molecule has 0 saturated heterocycles. The lowest BCUT2D eigenvalue weighted by Crippen LogP contribution is -2.64. The Morgan fingerprint density at radius 3 is 1.41 bits per heavy atom. The fourth-order valence-corrected chi connectivity index (χ4v) is 0.695. The molecule has 0 fully saturated rings. The third-order valence-corrected chi connectivity index (χ3v) is 1.74. The molecule has 0 spiro atoms. The van der Waals surface area contributed by atoms with Gasteiger partial charge < -0.3 is 5.73 Å². The first-order valence-electron chi connectivity index (χ1n) is 3.38. The lowest BCUT2D eigenvalue weighted by atomic mass is 10.0. The predicted octanol–water partition coefficient (Wildman–Crippen LogP) is 2.97. The van der Waals surface area contributed by atoms with Crippen LogP contribution in [0.4, 0.5) is 39.5 Å². The van der Waals surface area contributed by atoms with E-state index in [0.29, 0.717) is 0 Å². The molecule has 0 atom stereocenters. The second kappa shape index (κ2) is 4.10. The van der Waals surface area contributed by atoms with Crippen molar-refractivity contribution in [2.45, 2.75) is 23.9 Å². The molecule has 0 unspecified atom stereocenters. The van der Waals surface area contributed by atoms with Crippen molar-refractivity contribution in [1.82, 2.24) is 0 Å². The minimum absolute atomic E-state index is 1.76. The molecule has 0 aliphatic heterocycles. The highest BCUT2D eigenvalue weighted by Gasteiger charge is 2.82. The number of amidine groups is 1. The van der Waals surface area contributed by atoms with Gasteiger partial charge in [0.25, 0.3) is 0 Å². The summed E-state index contributed by atoms with van der Waals surface area (Å²) in [6.45, 7) is 0. The van der Waals surface area contributed by atoms with Crippen LogP contribution >= 0.6 is 11.8 Å². The van der Waals surface area contributed by atoms with Gasteiger partial charge in [-0.3, -0.25) is 0 Å². The summed E-state index contributed by atoms with van der Waals surface area (Å²) in [5.74, 6) is -22.5. The van der Waals surface area contributed by atoms with E-state index in [1.807, 2.05) is 0 Å². The van der Waals surface area contributed by atoms with Crippen molar-refractivity contribution < 1.29 is 39.5 Å². The highest BCUT2D eigenvalue weighted by molar-refractivity contribution is 6.20. The Balaban J connectivity index is 5.72. The highest BCUT2D eigenvalue weighted by Crippen LogP contribution is 2.53. The van der Waals surface area contributed by atoms with E-state index in [2.05, 4.69) is 17.5 Å². The molecule has 0 amide bonds. The van der Waals surface area contributed by atoms with Gasteiger partial charge in [0.2, 0.25) is 0 Å². The highest BCUT2D eigenvalue weighted by atomic mass is 35.5. The maximum absolute atomic E-state index is 12.6. The summed E-state index contributed by atoms with van der Waals surface area (Å²) in [6.07, 6.45) is -6.90. The summed E-state index contributed by atoms with van der Waals surface area (Å²) < 4.78 is 111. The van der Waals surface area contributed by atoms with Crippen molar-refractivity contribution in [2.75, 3.05) is 0 Å². The van der Waals surface area contributed by atoms with Crippen molar-refractivity contribution in [3.05, 3.63) is 0 Å². The minimum atomic E-state index is -7.00. The molecule has 2 N–H and O–H groups in total. The summed E-state index contributed by atoms with van der Waals surface area (Å²) in [6, 6.07) is 0. The van der Waals surface area contributed by atoms with Gasteiger partial charge in [0.15, 0.2) is 5.84 Å². The fraction of sp³-hybridized carbons (Fsp3) is 0.800. The van der Waals surface area contributed by atoms with Crippen LogP contribution < -0.4 is 5.73 Å². The molecule has 0 aromatic rings. The summed E-state index contributed by atoms with van der Waals surface area (Å²) >= 11 is 4.23. The smallest absolute Gasteiger partial charge is 0.381 e. The van der Waals surface area contributed by atoms with Gasteiger partial charge in [-0.05, 0) is 0 Å². The molecule has 0 rings (SSSR count). The van der Waals surface area contributed by atoms with Crippen LogP contribution in [-0.4, -0.2) is 29.8 Å². The molecule has 0 aromatic heterocycles. The monoisotopic (exact) mass is 296 g/mol. The zero-order valence-electron chi connectivity index (χ0n) is 7.30. The van der Waals surface area contributed by atoms with E-state index in [1.165, 1.54) is 0 Å². The first-order chi connectivity index (χ1) is 7.23. The lowest BCUT2D eigenvalue weighted by Gasteiger charge is -2.32. The minimum Gasteiger partial charge on any atom is -0.381 e. The van der Waals surface area contributed by atoms with Crippen molar-refractivity contribution in [2.24, 2.45) is 10.2 Å². The third-order valence-electron chi connectivity index (χ3n) is 1.56. The Labute approximate surface area is 92.3 Å². The number of halogens is 10. The van der Waals surface area contributed by atoms with Crippen LogP contribution in [0.1, 0.15) is 0 Å². The molecule has 0 aromatic carbocycles. The van der Waals surface area contributed by atoms with Crippen LogP contribution in [0.3, 0.4) is 0 Å². The predicted molar refractivity (Wildman–Crippen MR) is 38.4 cm³/mol. The molecule has 0 saturated carbocycles. The number of hydrogen-bond acceptors (Lipinski definition) is 1. The normalized spacial score (nSPS) is 16.2. The fourth-order valence-electron chi connectivity index (χ4n) is 0.589. The van der Waals surface area contributed by atoms with Crippen molar-refractivity contribution in [3.63, 3.8) is 0 Å². The third kappa shape index (κ3) is 2.24. The standard InChI is InChI=1S/C5H2ClF9N2/c6-17-1(16)2(7,8)3(9,10)4(11,12)5(13,14)15/h(H2,16,17). The number of alkyl halides is 9. The van der Waals surface area contributed by atoms with Crippen molar-refractivity contribution >= 4 is 17.6 Å². The van der Waals surface area contributed by atoms with Gasteiger partial charge in [-0.25, -0.2) is 0 Å². The maximum Gasteiger partial charge on any atom is 0.460 e. The van der Waals surface area contributed by atoms with Crippen LogP contribution in [0, 0.1) is 0 Å². The van der Waals surface area contributed by atoms with Gasteiger partial charge >= 0.3 is 23.9 Å². The van der Waals surface area contributed by atoms with Crippen LogP contribution in [0.2, 0.25) is 0 Å². The average Bonchev–Trinajstić information content (AvgIpc) is 2.13. The summed E-state index contributed by atoms with van der Waals surface area (Å²) in [5.41, 5.74) is 4.06. The van der Waals surface area contributed by atoms with E-state index in [-0.39, 0.29) is 0 Å². The number of nitrogens with two attached hydrogens (primary N) is 1. The number of hydrogen-bond donors (Lipinski definition) is 1. The van der Waals surface area contributed by atoms with Crippen LogP contribution in [0.25, 0.3) is 0 Å². The largest absolute Gasteiger partial charge is 0.460 e. The zero-order chi connectivity index (χ0) is 14.3. The molecular weight excluding hydrogens is 295 g/mol. The molecule has 0 heterocycles. The Kier molecular flexibility index (Phi) is 3.89. The second-order valence-electron chi connectivity index (χ2n) is 2.69. The lowest BCUT2D eigenvalue weighted by molar-refractivity contribution is -0.384. The topological polar surface area (TPSA) is 38.4 Å². The van der Waals surface area contributed by atoms with Crippen LogP contribution in [0.15, 0.2) is 4.51 Å². The molecule has 17 heavy (non-hydrogen) atoms. The quantitative estimate of drug-likeness (QED) is 0.485. The molecule has 0 aliphatic carbocycles. The van der Waals surface area contributed by atoms with Gasteiger partial charge in [-0.15, -0.1) is 0 Å². The van der Waals surface area contributed by atoms with Crippen molar-refractivity contribution in [3.8, 4) is 0 Å². The summed E-state index contributed by atoms with van der Waals surface area (Å²) in [4.78, 5) is 0. The molecule has 0 aliphatic rings. The molecule has 12 heteroatoms. The summed E-state index contributed by atoms with van der Waals surface area (Å²) in [5, 5.41) is 0. The Morgan fingerprint density at radius 2 is 1.18 bits per heavy atom. The second-order valence-corrected chi connectivity index (χ2v) is 2.86. The number of nitrogens with zero attached hydrogens (tertiary/aromatic N) is 1. The van der Waals surface area contributed by atoms with Crippen molar-refractivity contribution in [1.29, 1.82) is 0 Å². The molecule has 0 radical (unpaired) electrons. The molecule has 2 nitrogen and oxygen atoms in total. The van der Waals surface area contributed by atoms with E-state index in [4.69, 9.17) is 0 Å². The van der Waals surface area contributed by atoms with Gasteiger partial charge in [0.05, 0.1) is 0 Å². The van der Waals surface area contributed by atoms with E-state index in [0.717, 1.165) is 0 Å². The van der Waals surface area contributed by atoms with Gasteiger partial charge in [0.1, 0.15) is 0 Å². The van der Waals surface area contributed by atoms with Crippen LogP contribution in [-0.2, 0) is 0 Å². The Morgan fingerprint density at radius 1 is 0.824 bits per heavy atom. The molecule has 0 bridgehead atoms. The van der Waals surface area contributed by atoms with E-state index in [9.17, 15) is 39.5 Å². The average molecular weight is 297 g/mol.